The standard InChI is InChI=1S/C20H25F2N5O3.HI/c1-23-20(25-11-14-6-7-27(26-14)15-4-2-3-5-15)24-10-13-8-17-18(29-12-28-17)9-16(13)30-19(21)22;/h6-9,15,19H,2-5,10-12H2,1H3,(H2,23,24,25);1H. The Morgan fingerprint density at radius 3 is 2.65 bits per heavy atom. The SMILES string of the molecule is CN=C(NCc1ccn(C2CCCC2)n1)NCc1cc2c(cc1OC(F)F)OCO2.I. The van der Waals surface area contributed by atoms with E-state index in [9.17, 15) is 8.78 Å². The number of nitrogens with zero attached hydrogens (tertiary/aromatic N) is 3. The molecule has 0 atom stereocenters. The van der Waals surface area contributed by atoms with Gasteiger partial charge in [-0.15, -0.1) is 24.0 Å². The summed E-state index contributed by atoms with van der Waals surface area (Å²) in [6, 6.07) is 5.53. The van der Waals surface area contributed by atoms with Crippen LogP contribution in [0.2, 0.25) is 0 Å². The molecule has 2 aromatic rings. The first-order chi connectivity index (χ1) is 14.6. The summed E-state index contributed by atoms with van der Waals surface area (Å²) in [4.78, 5) is 4.18. The second-order valence-electron chi connectivity index (χ2n) is 7.20. The maximum Gasteiger partial charge on any atom is 0.387 e. The van der Waals surface area contributed by atoms with Gasteiger partial charge in [-0.2, -0.15) is 13.9 Å². The Balaban J connectivity index is 0.00000272. The van der Waals surface area contributed by atoms with Gasteiger partial charge in [0.1, 0.15) is 5.75 Å². The van der Waals surface area contributed by atoms with Crippen LogP contribution in [-0.2, 0) is 13.1 Å². The fraction of sp³-hybridized carbons (Fsp3) is 0.500. The van der Waals surface area contributed by atoms with Gasteiger partial charge in [-0.1, -0.05) is 12.8 Å². The highest BCUT2D eigenvalue weighted by Crippen LogP contribution is 2.38. The number of alkyl halides is 2. The third-order valence-electron chi connectivity index (χ3n) is 5.24. The zero-order chi connectivity index (χ0) is 20.9. The van der Waals surface area contributed by atoms with E-state index in [2.05, 4.69) is 25.5 Å². The molecule has 11 heteroatoms. The smallest absolute Gasteiger partial charge is 0.387 e. The van der Waals surface area contributed by atoms with Crippen molar-refractivity contribution in [3.63, 3.8) is 0 Å². The molecule has 0 radical (unpaired) electrons. The Hall–Kier alpha value is -2.31. The number of ether oxygens (including phenoxy) is 3. The Morgan fingerprint density at radius 2 is 1.94 bits per heavy atom. The highest BCUT2D eigenvalue weighted by atomic mass is 127. The summed E-state index contributed by atoms with van der Waals surface area (Å²) in [7, 11) is 1.64. The van der Waals surface area contributed by atoms with Crippen LogP contribution in [-0.4, -0.2) is 36.2 Å². The van der Waals surface area contributed by atoms with Crippen LogP contribution in [0.25, 0.3) is 0 Å². The summed E-state index contributed by atoms with van der Waals surface area (Å²) in [6.45, 7) is -2.16. The van der Waals surface area contributed by atoms with Crippen molar-refractivity contribution in [2.75, 3.05) is 13.8 Å². The van der Waals surface area contributed by atoms with Crippen molar-refractivity contribution in [2.24, 2.45) is 4.99 Å². The number of nitrogens with one attached hydrogen (secondary N) is 2. The lowest BCUT2D eigenvalue weighted by molar-refractivity contribution is -0.0505. The lowest BCUT2D eigenvalue weighted by atomic mass is 10.1. The van der Waals surface area contributed by atoms with Gasteiger partial charge in [-0.3, -0.25) is 9.67 Å². The van der Waals surface area contributed by atoms with Gasteiger partial charge in [0.15, 0.2) is 17.5 Å². The van der Waals surface area contributed by atoms with E-state index < -0.39 is 6.61 Å². The van der Waals surface area contributed by atoms with Gasteiger partial charge >= 0.3 is 6.61 Å². The van der Waals surface area contributed by atoms with E-state index in [-0.39, 0.29) is 43.1 Å². The van der Waals surface area contributed by atoms with Gasteiger partial charge in [0.2, 0.25) is 6.79 Å². The Labute approximate surface area is 196 Å². The predicted molar refractivity (Wildman–Crippen MR) is 121 cm³/mol. The molecule has 0 unspecified atom stereocenters. The first kappa shape index (κ1) is 23.4. The van der Waals surface area contributed by atoms with Gasteiger partial charge in [-0.05, 0) is 25.0 Å². The zero-order valence-corrected chi connectivity index (χ0v) is 19.5. The lowest BCUT2D eigenvalue weighted by Gasteiger charge is -2.15. The molecule has 0 saturated heterocycles. The minimum atomic E-state index is -2.93. The number of fused-ring (bicyclic) bond motifs is 1. The number of rotatable bonds is 7. The summed E-state index contributed by atoms with van der Waals surface area (Å²) in [5, 5.41) is 10.9. The number of guanidine groups is 1. The number of hydrogen-bond donors (Lipinski definition) is 2. The normalized spacial score (nSPS) is 15.8. The summed E-state index contributed by atoms with van der Waals surface area (Å²) < 4.78 is 42.8. The van der Waals surface area contributed by atoms with Gasteiger partial charge < -0.3 is 24.8 Å². The van der Waals surface area contributed by atoms with Gasteiger partial charge in [0.25, 0.3) is 0 Å². The van der Waals surface area contributed by atoms with Crippen LogP contribution in [0.15, 0.2) is 29.4 Å². The van der Waals surface area contributed by atoms with Crippen molar-refractivity contribution in [1.29, 1.82) is 0 Å². The van der Waals surface area contributed by atoms with Gasteiger partial charge in [0.05, 0.1) is 18.3 Å². The lowest BCUT2D eigenvalue weighted by Crippen LogP contribution is -2.36. The topological polar surface area (TPSA) is 81.9 Å². The van der Waals surface area contributed by atoms with Crippen LogP contribution in [0, 0.1) is 0 Å². The molecule has 0 bridgehead atoms. The molecule has 2 aliphatic rings. The Morgan fingerprint density at radius 1 is 1.23 bits per heavy atom. The molecule has 1 aliphatic carbocycles. The Kier molecular flexibility index (Phi) is 8.15. The highest BCUT2D eigenvalue weighted by Gasteiger charge is 2.20. The molecule has 1 aromatic carbocycles. The average molecular weight is 549 g/mol. The molecule has 0 spiro atoms. The number of halogens is 3. The van der Waals surface area contributed by atoms with Crippen molar-refractivity contribution in [2.45, 2.75) is 51.4 Å². The number of aromatic nitrogens is 2. The van der Waals surface area contributed by atoms with Crippen LogP contribution in [0.3, 0.4) is 0 Å². The van der Waals surface area contributed by atoms with Crippen LogP contribution in [0.4, 0.5) is 8.78 Å². The second kappa shape index (κ2) is 10.8. The maximum atomic E-state index is 12.8. The van der Waals surface area contributed by atoms with E-state index in [1.807, 2.05) is 16.9 Å². The first-order valence-corrected chi connectivity index (χ1v) is 9.98. The van der Waals surface area contributed by atoms with Crippen LogP contribution in [0.5, 0.6) is 17.2 Å². The summed E-state index contributed by atoms with van der Waals surface area (Å²) in [5.74, 6) is 1.43. The third-order valence-corrected chi connectivity index (χ3v) is 5.24. The van der Waals surface area contributed by atoms with E-state index >= 15 is 0 Å². The minimum absolute atomic E-state index is 0. The molecule has 170 valence electrons. The maximum absolute atomic E-state index is 12.8. The van der Waals surface area contributed by atoms with Crippen molar-refractivity contribution in [3.8, 4) is 17.2 Å². The number of benzene rings is 1. The van der Waals surface area contributed by atoms with E-state index in [1.54, 1.807) is 13.1 Å². The van der Waals surface area contributed by atoms with Crippen molar-refractivity contribution in [1.82, 2.24) is 20.4 Å². The summed E-state index contributed by atoms with van der Waals surface area (Å²) in [5.41, 5.74) is 1.42. The minimum Gasteiger partial charge on any atom is -0.454 e. The van der Waals surface area contributed by atoms with Crippen LogP contribution >= 0.6 is 24.0 Å². The second-order valence-corrected chi connectivity index (χ2v) is 7.20. The molecule has 8 nitrogen and oxygen atoms in total. The molecular weight excluding hydrogens is 523 g/mol. The van der Waals surface area contributed by atoms with E-state index in [0.29, 0.717) is 35.6 Å². The van der Waals surface area contributed by atoms with Crippen LogP contribution < -0.4 is 24.8 Å². The molecule has 1 aliphatic heterocycles. The molecule has 1 fully saturated rings. The fourth-order valence-corrected chi connectivity index (χ4v) is 3.73. The predicted octanol–water partition coefficient (Wildman–Crippen LogP) is 3.81. The van der Waals surface area contributed by atoms with Crippen molar-refractivity contribution in [3.05, 3.63) is 35.7 Å². The molecule has 1 saturated carbocycles. The van der Waals surface area contributed by atoms with Crippen molar-refractivity contribution < 1.29 is 23.0 Å². The molecule has 2 N–H and O–H groups in total. The molecule has 0 amide bonds. The van der Waals surface area contributed by atoms with Gasteiger partial charge in [-0.25, -0.2) is 0 Å². The molecule has 2 heterocycles. The quantitative estimate of drug-likeness (QED) is 0.311. The molecular formula is C20H26F2IN5O3. The number of hydrogen-bond acceptors (Lipinski definition) is 5. The number of aliphatic imine (C=N–C) groups is 1. The monoisotopic (exact) mass is 549 g/mol. The van der Waals surface area contributed by atoms with Crippen LogP contribution in [0.1, 0.15) is 43.0 Å². The van der Waals surface area contributed by atoms with E-state index in [0.717, 1.165) is 5.69 Å². The fourth-order valence-electron chi connectivity index (χ4n) is 3.73. The van der Waals surface area contributed by atoms with E-state index in [4.69, 9.17) is 9.47 Å². The average Bonchev–Trinajstić information content (AvgIpc) is 3.48. The summed E-state index contributed by atoms with van der Waals surface area (Å²) >= 11 is 0. The van der Waals surface area contributed by atoms with Crippen molar-refractivity contribution >= 4 is 29.9 Å². The van der Waals surface area contributed by atoms with Gasteiger partial charge in [0, 0.05) is 31.4 Å². The first-order valence-electron chi connectivity index (χ1n) is 9.98. The van der Waals surface area contributed by atoms with E-state index in [1.165, 1.54) is 31.7 Å². The third kappa shape index (κ3) is 5.89. The highest BCUT2D eigenvalue weighted by molar-refractivity contribution is 14.0. The summed E-state index contributed by atoms with van der Waals surface area (Å²) in [6.07, 6.45) is 6.88. The zero-order valence-electron chi connectivity index (χ0n) is 17.1. The Bertz CT molecular complexity index is 903. The molecule has 1 aromatic heterocycles. The largest absolute Gasteiger partial charge is 0.454 e. The molecule has 31 heavy (non-hydrogen) atoms. The molecule has 4 rings (SSSR count).